The fourth-order valence-corrected chi connectivity index (χ4v) is 2.90. The molecule has 0 bridgehead atoms. The van der Waals surface area contributed by atoms with Crippen LogP contribution in [-0.4, -0.2) is 40.4 Å². The number of carbonyl (C=O) groups is 1. The van der Waals surface area contributed by atoms with Crippen molar-refractivity contribution >= 4 is 23.5 Å². The number of carbonyl (C=O) groups excluding carboxylic acids is 1. The van der Waals surface area contributed by atoms with Gasteiger partial charge in [0.15, 0.2) is 11.5 Å². The lowest BCUT2D eigenvalue weighted by atomic mass is 10.2. The van der Waals surface area contributed by atoms with E-state index in [1.54, 1.807) is 42.9 Å². The minimum absolute atomic E-state index is 0.0423. The Balaban J connectivity index is 2.11. The molecule has 2 rings (SSSR count). The average Bonchev–Trinajstić information content (AvgIpc) is 2.99. The van der Waals surface area contributed by atoms with Crippen LogP contribution in [0.4, 0.5) is 5.82 Å². The Morgan fingerprint density at radius 1 is 1.24 bits per heavy atom. The van der Waals surface area contributed by atoms with Gasteiger partial charge in [-0.25, -0.2) is 4.68 Å². The van der Waals surface area contributed by atoms with Crippen LogP contribution in [0.25, 0.3) is 0 Å². The molecule has 0 saturated carbocycles. The third-order valence-electron chi connectivity index (χ3n) is 3.42. The number of methoxy groups -OCH3 is 2. The number of rotatable bonds is 7. The van der Waals surface area contributed by atoms with Crippen molar-refractivity contribution in [1.82, 2.24) is 9.78 Å². The van der Waals surface area contributed by atoms with Gasteiger partial charge in [0.05, 0.1) is 32.7 Å². The Kier molecular flexibility index (Phi) is 6.36. The molecule has 25 heavy (non-hydrogen) atoms. The Morgan fingerprint density at radius 2 is 2.00 bits per heavy atom. The van der Waals surface area contributed by atoms with E-state index in [0.29, 0.717) is 29.6 Å². The van der Waals surface area contributed by atoms with Crippen molar-refractivity contribution in [3.05, 3.63) is 36.0 Å². The SMILES string of the molecule is COc1cccc(Cn2nccc2NC(=O)CSC(C)(C)C)c1OC. The molecular weight excluding hydrogens is 338 g/mol. The smallest absolute Gasteiger partial charge is 0.235 e. The van der Waals surface area contributed by atoms with Gasteiger partial charge in [-0.1, -0.05) is 32.9 Å². The predicted octanol–water partition coefficient (Wildman–Crippen LogP) is 3.42. The van der Waals surface area contributed by atoms with Gasteiger partial charge in [-0.3, -0.25) is 4.79 Å². The molecule has 0 atom stereocenters. The Hall–Kier alpha value is -2.15. The maximum absolute atomic E-state index is 12.2. The average molecular weight is 363 g/mol. The highest BCUT2D eigenvalue weighted by Gasteiger charge is 2.16. The predicted molar refractivity (Wildman–Crippen MR) is 102 cm³/mol. The monoisotopic (exact) mass is 363 g/mol. The number of ether oxygens (including phenoxy) is 2. The quantitative estimate of drug-likeness (QED) is 0.816. The molecule has 0 saturated heterocycles. The summed E-state index contributed by atoms with van der Waals surface area (Å²) in [6, 6.07) is 7.48. The van der Waals surface area contributed by atoms with E-state index in [4.69, 9.17) is 9.47 Å². The van der Waals surface area contributed by atoms with Crippen LogP contribution < -0.4 is 14.8 Å². The lowest BCUT2D eigenvalue weighted by Gasteiger charge is -2.17. The van der Waals surface area contributed by atoms with Gasteiger partial charge in [-0.2, -0.15) is 5.10 Å². The standard InChI is InChI=1S/C18H25N3O3S/c1-18(2,3)25-12-16(22)20-15-9-10-19-21(15)11-13-7-6-8-14(23-4)17(13)24-5/h6-10H,11-12H2,1-5H3,(H,20,22). The van der Waals surface area contributed by atoms with Crippen LogP contribution in [-0.2, 0) is 11.3 Å². The largest absolute Gasteiger partial charge is 0.493 e. The molecule has 2 aromatic rings. The second kappa shape index (κ2) is 8.29. The zero-order valence-corrected chi connectivity index (χ0v) is 16.1. The van der Waals surface area contributed by atoms with E-state index in [9.17, 15) is 4.79 Å². The zero-order chi connectivity index (χ0) is 18.4. The topological polar surface area (TPSA) is 65.4 Å². The number of anilines is 1. The highest BCUT2D eigenvalue weighted by atomic mass is 32.2. The van der Waals surface area contributed by atoms with Crippen molar-refractivity contribution in [2.75, 3.05) is 25.3 Å². The molecule has 0 aliphatic rings. The van der Waals surface area contributed by atoms with Crippen LogP contribution in [0, 0.1) is 0 Å². The van der Waals surface area contributed by atoms with Gasteiger partial charge in [-0.15, -0.1) is 11.8 Å². The summed E-state index contributed by atoms with van der Waals surface area (Å²) in [6.45, 7) is 6.73. The lowest BCUT2D eigenvalue weighted by Crippen LogP contribution is -2.21. The van der Waals surface area contributed by atoms with Crippen molar-refractivity contribution in [1.29, 1.82) is 0 Å². The van der Waals surface area contributed by atoms with E-state index in [-0.39, 0.29) is 10.7 Å². The fraction of sp³-hybridized carbons (Fsp3) is 0.444. The number of para-hydroxylation sites is 1. The number of hydrogen-bond donors (Lipinski definition) is 1. The van der Waals surface area contributed by atoms with Crippen molar-refractivity contribution in [2.24, 2.45) is 0 Å². The molecule has 0 radical (unpaired) electrons. The summed E-state index contributed by atoms with van der Waals surface area (Å²) in [5.41, 5.74) is 0.921. The van der Waals surface area contributed by atoms with Gasteiger partial charge < -0.3 is 14.8 Å². The summed E-state index contributed by atoms with van der Waals surface area (Å²) in [4.78, 5) is 12.2. The third kappa shape index (κ3) is 5.42. The first-order valence-electron chi connectivity index (χ1n) is 7.99. The first-order chi connectivity index (χ1) is 11.8. The summed E-state index contributed by atoms with van der Waals surface area (Å²) in [5.74, 6) is 2.35. The Labute approximate surface area is 152 Å². The molecule has 0 unspecified atom stereocenters. The van der Waals surface area contributed by atoms with Gasteiger partial charge in [0.2, 0.25) is 5.91 Å². The van der Waals surface area contributed by atoms with Crippen LogP contribution in [0.15, 0.2) is 30.5 Å². The number of nitrogens with one attached hydrogen (secondary N) is 1. The van der Waals surface area contributed by atoms with Crippen LogP contribution in [0.3, 0.4) is 0 Å². The van der Waals surface area contributed by atoms with Gasteiger partial charge in [-0.05, 0) is 6.07 Å². The summed E-state index contributed by atoms with van der Waals surface area (Å²) in [7, 11) is 3.21. The molecule has 1 aromatic carbocycles. The molecule has 136 valence electrons. The fourth-order valence-electron chi connectivity index (χ4n) is 2.27. The van der Waals surface area contributed by atoms with E-state index in [1.807, 2.05) is 18.2 Å². The molecule has 0 aliphatic heterocycles. The second-order valence-electron chi connectivity index (χ2n) is 6.48. The van der Waals surface area contributed by atoms with E-state index in [0.717, 1.165) is 5.56 Å². The molecule has 6 nitrogen and oxygen atoms in total. The van der Waals surface area contributed by atoms with E-state index in [1.165, 1.54) is 0 Å². The summed E-state index contributed by atoms with van der Waals surface area (Å²) >= 11 is 1.61. The minimum Gasteiger partial charge on any atom is -0.493 e. The van der Waals surface area contributed by atoms with Crippen molar-refractivity contribution in [2.45, 2.75) is 32.1 Å². The molecule has 1 aromatic heterocycles. The normalized spacial score (nSPS) is 11.2. The Bertz CT molecular complexity index is 723. The molecule has 0 spiro atoms. The van der Waals surface area contributed by atoms with E-state index < -0.39 is 0 Å². The highest BCUT2D eigenvalue weighted by molar-refractivity contribution is 8.01. The molecule has 0 aliphatic carbocycles. The number of hydrogen-bond acceptors (Lipinski definition) is 5. The molecule has 7 heteroatoms. The van der Waals surface area contributed by atoms with Crippen LogP contribution in [0.1, 0.15) is 26.3 Å². The summed E-state index contributed by atoms with van der Waals surface area (Å²) in [6.07, 6.45) is 1.67. The number of benzene rings is 1. The molecule has 1 N–H and O–H groups in total. The third-order valence-corrected chi connectivity index (χ3v) is 4.70. The lowest BCUT2D eigenvalue weighted by molar-refractivity contribution is -0.113. The van der Waals surface area contributed by atoms with Crippen molar-refractivity contribution in [3.63, 3.8) is 0 Å². The number of thioether (sulfide) groups is 1. The van der Waals surface area contributed by atoms with E-state index in [2.05, 4.69) is 31.2 Å². The molecule has 1 heterocycles. The van der Waals surface area contributed by atoms with Gasteiger partial charge in [0.25, 0.3) is 0 Å². The van der Waals surface area contributed by atoms with Crippen LogP contribution in [0.5, 0.6) is 11.5 Å². The Morgan fingerprint density at radius 3 is 2.64 bits per heavy atom. The number of amides is 1. The molecular formula is C18H25N3O3S. The highest BCUT2D eigenvalue weighted by Crippen LogP contribution is 2.31. The number of nitrogens with zero attached hydrogens (tertiary/aromatic N) is 2. The molecule has 0 fully saturated rings. The number of aromatic nitrogens is 2. The zero-order valence-electron chi connectivity index (χ0n) is 15.3. The van der Waals surface area contributed by atoms with Crippen molar-refractivity contribution < 1.29 is 14.3 Å². The first-order valence-corrected chi connectivity index (χ1v) is 8.98. The van der Waals surface area contributed by atoms with Crippen molar-refractivity contribution in [3.8, 4) is 11.5 Å². The summed E-state index contributed by atoms with van der Waals surface area (Å²) in [5, 5.41) is 7.22. The van der Waals surface area contributed by atoms with E-state index >= 15 is 0 Å². The maximum atomic E-state index is 12.2. The van der Waals surface area contributed by atoms with Gasteiger partial charge >= 0.3 is 0 Å². The maximum Gasteiger partial charge on any atom is 0.235 e. The van der Waals surface area contributed by atoms with Crippen LogP contribution in [0.2, 0.25) is 0 Å². The molecule has 1 amide bonds. The summed E-state index contributed by atoms with van der Waals surface area (Å²) < 4.78 is 12.6. The second-order valence-corrected chi connectivity index (χ2v) is 8.28. The minimum atomic E-state index is -0.0423. The van der Waals surface area contributed by atoms with Gasteiger partial charge in [0.1, 0.15) is 5.82 Å². The van der Waals surface area contributed by atoms with Gasteiger partial charge in [0, 0.05) is 16.4 Å². The van der Waals surface area contributed by atoms with Crippen LogP contribution >= 0.6 is 11.8 Å². The first kappa shape index (κ1) is 19.2.